The highest BCUT2D eigenvalue weighted by Gasteiger charge is 2.32. The number of rotatable bonds is 4. The molecule has 4 rings (SSSR count). The Morgan fingerprint density at radius 2 is 1.75 bits per heavy atom. The Morgan fingerprint density at radius 3 is 2.43 bits per heavy atom. The Kier molecular flexibility index (Phi) is 5.95. The van der Waals surface area contributed by atoms with E-state index in [-0.39, 0.29) is 5.92 Å². The fourth-order valence-corrected chi connectivity index (χ4v) is 4.60. The summed E-state index contributed by atoms with van der Waals surface area (Å²) in [5.74, 6) is 0.874. The van der Waals surface area contributed by atoms with Crippen LogP contribution in [0.1, 0.15) is 50.1 Å². The third kappa shape index (κ3) is 4.07. The summed E-state index contributed by atoms with van der Waals surface area (Å²) in [7, 11) is 1.77. The number of piperidine rings is 1. The van der Waals surface area contributed by atoms with E-state index in [1.807, 2.05) is 18.3 Å². The van der Waals surface area contributed by atoms with Gasteiger partial charge in [-0.3, -0.25) is 9.78 Å². The second-order valence-corrected chi connectivity index (χ2v) is 7.87. The number of amides is 1. The maximum atomic E-state index is 12.9. The van der Waals surface area contributed by atoms with Crippen molar-refractivity contribution in [3.05, 3.63) is 42.7 Å². The summed E-state index contributed by atoms with van der Waals surface area (Å²) in [6, 6.07) is 3.99. The minimum absolute atomic E-state index is 0.175. The van der Waals surface area contributed by atoms with E-state index in [0.717, 1.165) is 68.4 Å². The first-order valence-corrected chi connectivity index (χ1v) is 10.3. The number of aromatic nitrogens is 3. The second-order valence-electron chi connectivity index (χ2n) is 7.87. The van der Waals surface area contributed by atoms with Gasteiger partial charge in [0, 0.05) is 56.2 Å². The van der Waals surface area contributed by atoms with E-state index in [4.69, 9.17) is 4.74 Å². The lowest BCUT2D eigenvalue weighted by Crippen LogP contribution is -2.42. The van der Waals surface area contributed by atoms with Crippen LogP contribution in [0.2, 0.25) is 0 Å². The molecule has 2 aliphatic rings. The van der Waals surface area contributed by atoms with Gasteiger partial charge in [-0.15, -0.1) is 0 Å². The van der Waals surface area contributed by atoms with E-state index >= 15 is 0 Å². The molecule has 0 atom stereocenters. The Balaban J connectivity index is 1.39. The molecule has 0 radical (unpaired) electrons. The van der Waals surface area contributed by atoms with Crippen LogP contribution in [-0.2, 0) is 9.53 Å². The van der Waals surface area contributed by atoms with E-state index in [1.54, 1.807) is 25.8 Å². The quantitative estimate of drug-likeness (QED) is 0.813. The van der Waals surface area contributed by atoms with Gasteiger partial charge in [0.25, 0.3) is 0 Å². The van der Waals surface area contributed by atoms with E-state index < -0.39 is 0 Å². The highest BCUT2D eigenvalue weighted by atomic mass is 16.5. The summed E-state index contributed by atoms with van der Waals surface area (Å²) in [6.45, 7) is 1.63. The van der Waals surface area contributed by atoms with Gasteiger partial charge in [-0.05, 0) is 56.2 Å². The molecule has 0 unspecified atom stereocenters. The fraction of sp³-hybridized carbons (Fsp3) is 0.545. The van der Waals surface area contributed by atoms with Crippen molar-refractivity contribution in [3.8, 4) is 11.1 Å². The summed E-state index contributed by atoms with van der Waals surface area (Å²) < 4.78 is 5.43. The van der Waals surface area contributed by atoms with Gasteiger partial charge >= 0.3 is 0 Å². The van der Waals surface area contributed by atoms with Crippen molar-refractivity contribution >= 4 is 5.91 Å². The van der Waals surface area contributed by atoms with Crippen molar-refractivity contribution in [2.45, 2.75) is 50.5 Å². The molecular weight excluding hydrogens is 352 g/mol. The number of pyridine rings is 1. The smallest absolute Gasteiger partial charge is 0.225 e. The van der Waals surface area contributed by atoms with Crippen molar-refractivity contribution in [2.24, 2.45) is 5.92 Å². The van der Waals surface area contributed by atoms with Gasteiger partial charge in [0.2, 0.25) is 5.91 Å². The molecule has 2 aromatic rings. The lowest BCUT2D eigenvalue weighted by molar-refractivity contribution is -0.138. The van der Waals surface area contributed by atoms with E-state index in [2.05, 4.69) is 19.9 Å². The molecule has 148 valence electrons. The first-order valence-electron chi connectivity index (χ1n) is 10.3. The molecule has 6 heteroatoms. The standard InChI is InChI=1S/C22H28N4O2/c1-28-19-4-2-18(3-5-19)22(27)26-12-8-17(9-13-26)21-20(14-24-15-25-21)16-6-10-23-11-7-16/h6-7,10-11,14-15,17-19H,2-5,8-9,12-13H2,1H3. The molecule has 1 aliphatic carbocycles. The minimum atomic E-state index is 0.175. The molecule has 1 aliphatic heterocycles. The number of hydrogen-bond acceptors (Lipinski definition) is 5. The maximum absolute atomic E-state index is 12.9. The van der Waals surface area contributed by atoms with Crippen molar-refractivity contribution in [1.82, 2.24) is 19.9 Å². The van der Waals surface area contributed by atoms with Gasteiger partial charge in [0.15, 0.2) is 0 Å². The molecule has 6 nitrogen and oxygen atoms in total. The molecule has 1 saturated heterocycles. The highest BCUT2D eigenvalue weighted by Crippen LogP contribution is 2.34. The zero-order valence-electron chi connectivity index (χ0n) is 16.5. The van der Waals surface area contributed by atoms with Crippen molar-refractivity contribution in [2.75, 3.05) is 20.2 Å². The van der Waals surface area contributed by atoms with Gasteiger partial charge in [-0.25, -0.2) is 9.97 Å². The minimum Gasteiger partial charge on any atom is -0.381 e. The first kappa shape index (κ1) is 19.0. The number of carbonyl (C=O) groups excluding carboxylic acids is 1. The molecule has 1 saturated carbocycles. The monoisotopic (exact) mass is 380 g/mol. The first-order chi connectivity index (χ1) is 13.8. The van der Waals surface area contributed by atoms with Crippen LogP contribution in [0, 0.1) is 5.92 Å². The lowest BCUT2D eigenvalue weighted by Gasteiger charge is -2.36. The second kappa shape index (κ2) is 8.78. The highest BCUT2D eigenvalue weighted by molar-refractivity contribution is 5.79. The molecule has 0 aromatic carbocycles. The number of methoxy groups -OCH3 is 1. The summed E-state index contributed by atoms with van der Waals surface area (Å²) >= 11 is 0. The van der Waals surface area contributed by atoms with Crippen molar-refractivity contribution in [3.63, 3.8) is 0 Å². The maximum Gasteiger partial charge on any atom is 0.225 e. The van der Waals surface area contributed by atoms with Crippen LogP contribution < -0.4 is 0 Å². The van der Waals surface area contributed by atoms with Crippen LogP contribution in [0.4, 0.5) is 0 Å². The molecule has 1 amide bonds. The summed E-state index contributed by atoms with van der Waals surface area (Å²) in [5.41, 5.74) is 3.26. The average Bonchev–Trinajstić information content (AvgIpc) is 2.79. The van der Waals surface area contributed by atoms with Crippen molar-refractivity contribution < 1.29 is 9.53 Å². The predicted molar refractivity (Wildman–Crippen MR) is 107 cm³/mol. The van der Waals surface area contributed by atoms with Gasteiger partial charge in [-0.1, -0.05) is 0 Å². The summed E-state index contributed by atoms with van der Waals surface area (Å²) in [4.78, 5) is 27.9. The molecule has 0 N–H and O–H groups in total. The average molecular weight is 380 g/mol. The molecule has 3 heterocycles. The topological polar surface area (TPSA) is 68.2 Å². The molecule has 0 spiro atoms. The number of ether oxygens (including phenoxy) is 1. The van der Waals surface area contributed by atoms with Gasteiger partial charge < -0.3 is 9.64 Å². The largest absolute Gasteiger partial charge is 0.381 e. The van der Waals surface area contributed by atoms with Gasteiger partial charge in [0.1, 0.15) is 6.33 Å². The zero-order chi connectivity index (χ0) is 19.3. The molecule has 0 bridgehead atoms. The number of likely N-dealkylation sites (tertiary alicyclic amines) is 1. The molecule has 2 aromatic heterocycles. The van der Waals surface area contributed by atoms with Crippen molar-refractivity contribution in [1.29, 1.82) is 0 Å². The number of nitrogens with zero attached hydrogens (tertiary/aromatic N) is 4. The molecule has 28 heavy (non-hydrogen) atoms. The fourth-order valence-electron chi connectivity index (χ4n) is 4.60. The van der Waals surface area contributed by atoms with Gasteiger partial charge in [0.05, 0.1) is 11.8 Å². The Bertz CT molecular complexity index is 782. The molecular formula is C22H28N4O2. The van der Waals surface area contributed by atoms with Crippen LogP contribution >= 0.6 is 0 Å². The normalized spacial score (nSPS) is 23.5. The Hall–Kier alpha value is -2.34. The Labute approximate surface area is 166 Å². The van der Waals surface area contributed by atoms with Crippen LogP contribution in [-0.4, -0.2) is 52.1 Å². The van der Waals surface area contributed by atoms with Gasteiger partial charge in [-0.2, -0.15) is 0 Å². The van der Waals surface area contributed by atoms with Crippen LogP contribution in [0.3, 0.4) is 0 Å². The SMILES string of the molecule is COC1CCC(C(=O)N2CCC(c3ncncc3-c3ccncc3)CC2)CC1. The summed E-state index contributed by atoms with van der Waals surface area (Å²) in [6.07, 6.45) is 13.3. The van der Waals surface area contributed by atoms with E-state index in [1.165, 1.54) is 0 Å². The van der Waals surface area contributed by atoms with Crippen LogP contribution in [0.25, 0.3) is 11.1 Å². The predicted octanol–water partition coefficient (Wildman–Crippen LogP) is 3.45. The third-order valence-electron chi connectivity index (χ3n) is 6.28. The van der Waals surface area contributed by atoms with Crippen LogP contribution in [0.15, 0.2) is 37.1 Å². The molecule has 2 fully saturated rings. The van der Waals surface area contributed by atoms with E-state index in [9.17, 15) is 4.79 Å². The summed E-state index contributed by atoms with van der Waals surface area (Å²) in [5, 5.41) is 0. The zero-order valence-corrected chi connectivity index (χ0v) is 16.5. The number of carbonyl (C=O) groups is 1. The van der Waals surface area contributed by atoms with Crippen LogP contribution in [0.5, 0.6) is 0 Å². The van der Waals surface area contributed by atoms with E-state index in [0.29, 0.717) is 17.9 Å². The number of hydrogen-bond donors (Lipinski definition) is 0. The third-order valence-corrected chi connectivity index (χ3v) is 6.28. The lowest BCUT2D eigenvalue weighted by atomic mass is 9.85. The Morgan fingerprint density at radius 1 is 1.04 bits per heavy atom.